The molecule has 1 aromatic heterocycles. The lowest BCUT2D eigenvalue weighted by atomic mass is 9.89. The lowest BCUT2D eigenvalue weighted by Crippen LogP contribution is -2.16. The molecule has 4 nitrogen and oxygen atoms in total. The van der Waals surface area contributed by atoms with Crippen molar-refractivity contribution in [1.29, 1.82) is 0 Å². The first-order chi connectivity index (χ1) is 10.1. The van der Waals surface area contributed by atoms with E-state index in [0.717, 1.165) is 30.5 Å². The van der Waals surface area contributed by atoms with Crippen LogP contribution in [0.3, 0.4) is 0 Å². The third kappa shape index (κ3) is 2.75. The fraction of sp³-hybridized carbons (Fsp3) is 0.294. The summed E-state index contributed by atoms with van der Waals surface area (Å²) >= 11 is 0. The Balaban J connectivity index is 1.95. The zero-order valence-corrected chi connectivity index (χ0v) is 11.9. The van der Waals surface area contributed by atoms with Crippen LogP contribution >= 0.6 is 0 Å². The predicted octanol–water partition coefficient (Wildman–Crippen LogP) is 3.54. The molecule has 1 aliphatic carbocycles. The normalized spacial score (nSPS) is 17.1. The van der Waals surface area contributed by atoms with E-state index in [-0.39, 0.29) is 11.7 Å². The van der Waals surface area contributed by atoms with Gasteiger partial charge in [0.1, 0.15) is 17.4 Å². The van der Waals surface area contributed by atoms with E-state index in [2.05, 4.69) is 17.1 Å². The number of nitrogens with zero attached hydrogens (tertiary/aromatic N) is 1. The molecule has 1 aromatic carbocycles. The van der Waals surface area contributed by atoms with Gasteiger partial charge in [0.2, 0.25) is 0 Å². The van der Waals surface area contributed by atoms with E-state index in [4.69, 9.17) is 4.74 Å². The summed E-state index contributed by atoms with van der Waals surface area (Å²) in [5.74, 6) is -0.613. The van der Waals surface area contributed by atoms with Crippen molar-refractivity contribution in [3.8, 4) is 5.75 Å². The van der Waals surface area contributed by atoms with Crippen LogP contribution in [0.25, 0.3) is 0 Å². The minimum absolute atomic E-state index is 0.0881. The van der Waals surface area contributed by atoms with Crippen LogP contribution in [0.2, 0.25) is 0 Å². The van der Waals surface area contributed by atoms with E-state index < -0.39 is 5.97 Å². The first-order valence-electron chi connectivity index (χ1n) is 7.09. The average Bonchev–Trinajstić information content (AvgIpc) is 2.47. The van der Waals surface area contributed by atoms with Crippen LogP contribution in [0, 0.1) is 6.92 Å². The molecule has 4 heteroatoms. The van der Waals surface area contributed by atoms with Crippen molar-refractivity contribution < 1.29 is 14.6 Å². The molecule has 0 saturated carbocycles. The van der Waals surface area contributed by atoms with Gasteiger partial charge in [-0.3, -0.25) is 4.98 Å². The minimum atomic E-state index is -1.01. The molecule has 21 heavy (non-hydrogen) atoms. The number of aromatic carboxylic acids is 1. The van der Waals surface area contributed by atoms with E-state index >= 15 is 0 Å². The Morgan fingerprint density at radius 2 is 2.19 bits per heavy atom. The number of pyridine rings is 1. The SMILES string of the molecule is Cc1cc(OC2CCCc3ccccc32)c(C(=O)O)cn1. The number of aryl methyl sites for hydroxylation is 2. The Kier molecular flexibility index (Phi) is 3.60. The summed E-state index contributed by atoms with van der Waals surface area (Å²) in [6, 6.07) is 9.89. The first-order valence-corrected chi connectivity index (χ1v) is 7.09. The second-order valence-corrected chi connectivity index (χ2v) is 5.32. The molecule has 1 aliphatic rings. The Bertz CT molecular complexity index is 681. The number of hydrogen-bond donors (Lipinski definition) is 1. The second kappa shape index (κ2) is 5.56. The standard InChI is InChI=1S/C17H17NO3/c1-11-9-16(14(10-18-11)17(19)20)21-15-8-4-6-12-5-2-3-7-13(12)15/h2-3,5,7,9-10,15H,4,6,8H2,1H3,(H,19,20). The Labute approximate surface area is 123 Å². The van der Waals surface area contributed by atoms with E-state index in [0.29, 0.717) is 5.75 Å². The summed E-state index contributed by atoms with van der Waals surface area (Å²) < 4.78 is 6.03. The highest BCUT2D eigenvalue weighted by atomic mass is 16.5. The molecular weight excluding hydrogens is 266 g/mol. The molecule has 0 saturated heterocycles. The number of rotatable bonds is 3. The number of ether oxygens (including phenoxy) is 1. The molecule has 0 spiro atoms. The van der Waals surface area contributed by atoms with Gasteiger partial charge in [-0.2, -0.15) is 0 Å². The quantitative estimate of drug-likeness (QED) is 0.936. The van der Waals surface area contributed by atoms with Crippen LogP contribution < -0.4 is 4.74 Å². The molecule has 1 atom stereocenters. The molecule has 0 amide bonds. The number of fused-ring (bicyclic) bond motifs is 1. The molecule has 1 unspecified atom stereocenters. The van der Waals surface area contributed by atoms with Crippen LogP contribution in [-0.2, 0) is 6.42 Å². The van der Waals surface area contributed by atoms with Crippen LogP contribution in [0.5, 0.6) is 5.75 Å². The second-order valence-electron chi connectivity index (χ2n) is 5.32. The largest absolute Gasteiger partial charge is 0.485 e. The van der Waals surface area contributed by atoms with Crippen molar-refractivity contribution >= 4 is 5.97 Å². The van der Waals surface area contributed by atoms with Gasteiger partial charge in [0.25, 0.3) is 0 Å². The highest BCUT2D eigenvalue weighted by Crippen LogP contribution is 2.34. The number of carboxylic acid groups (broad SMARTS) is 1. The van der Waals surface area contributed by atoms with Crippen LogP contribution in [0.1, 0.15) is 46.1 Å². The topological polar surface area (TPSA) is 59.4 Å². The monoisotopic (exact) mass is 283 g/mol. The first kappa shape index (κ1) is 13.6. The molecule has 1 N–H and O–H groups in total. The molecule has 0 bridgehead atoms. The van der Waals surface area contributed by atoms with Gasteiger partial charge in [-0.15, -0.1) is 0 Å². The van der Waals surface area contributed by atoms with Gasteiger partial charge >= 0.3 is 5.97 Å². The molecule has 3 rings (SSSR count). The number of aromatic nitrogens is 1. The smallest absolute Gasteiger partial charge is 0.341 e. The minimum Gasteiger partial charge on any atom is -0.485 e. The third-order valence-corrected chi connectivity index (χ3v) is 3.82. The Morgan fingerprint density at radius 3 is 3.00 bits per heavy atom. The van der Waals surface area contributed by atoms with Crippen LogP contribution in [0.4, 0.5) is 0 Å². The van der Waals surface area contributed by atoms with Gasteiger partial charge in [0.05, 0.1) is 0 Å². The lowest BCUT2D eigenvalue weighted by Gasteiger charge is -2.26. The Hall–Kier alpha value is -2.36. The molecule has 0 aliphatic heterocycles. The van der Waals surface area contributed by atoms with E-state index in [1.54, 1.807) is 6.07 Å². The average molecular weight is 283 g/mol. The Morgan fingerprint density at radius 1 is 1.38 bits per heavy atom. The van der Waals surface area contributed by atoms with Crippen molar-refractivity contribution in [3.05, 3.63) is 58.9 Å². The molecule has 0 fully saturated rings. The maximum Gasteiger partial charge on any atom is 0.341 e. The summed E-state index contributed by atoms with van der Waals surface area (Å²) in [6.07, 6.45) is 4.28. The van der Waals surface area contributed by atoms with Crippen molar-refractivity contribution in [2.75, 3.05) is 0 Å². The molecule has 0 radical (unpaired) electrons. The van der Waals surface area contributed by atoms with Crippen LogP contribution in [-0.4, -0.2) is 16.1 Å². The van der Waals surface area contributed by atoms with Crippen molar-refractivity contribution in [3.63, 3.8) is 0 Å². The molecule has 108 valence electrons. The van der Waals surface area contributed by atoms with Gasteiger partial charge in [-0.05, 0) is 37.3 Å². The summed E-state index contributed by atoms with van der Waals surface area (Å²) in [6.45, 7) is 1.83. The van der Waals surface area contributed by atoms with Gasteiger partial charge in [-0.25, -0.2) is 4.79 Å². The van der Waals surface area contributed by atoms with Gasteiger partial charge in [0, 0.05) is 18.0 Å². The highest BCUT2D eigenvalue weighted by molar-refractivity contribution is 5.90. The van der Waals surface area contributed by atoms with Crippen molar-refractivity contribution in [2.45, 2.75) is 32.3 Å². The van der Waals surface area contributed by atoms with Gasteiger partial charge in [0.15, 0.2) is 0 Å². The number of benzene rings is 1. The summed E-state index contributed by atoms with van der Waals surface area (Å²) in [4.78, 5) is 15.3. The zero-order valence-electron chi connectivity index (χ0n) is 11.9. The zero-order chi connectivity index (χ0) is 14.8. The fourth-order valence-corrected chi connectivity index (χ4v) is 2.78. The van der Waals surface area contributed by atoms with Gasteiger partial charge in [-0.1, -0.05) is 24.3 Å². The predicted molar refractivity (Wildman–Crippen MR) is 78.7 cm³/mol. The maximum atomic E-state index is 11.3. The van der Waals surface area contributed by atoms with Crippen molar-refractivity contribution in [1.82, 2.24) is 4.98 Å². The fourth-order valence-electron chi connectivity index (χ4n) is 2.78. The summed E-state index contributed by atoms with van der Waals surface area (Å²) in [5.41, 5.74) is 3.31. The van der Waals surface area contributed by atoms with E-state index in [1.165, 1.54) is 11.8 Å². The van der Waals surface area contributed by atoms with E-state index in [9.17, 15) is 9.90 Å². The summed E-state index contributed by atoms with van der Waals surface area (Å²) in [5, 5.41) is 9.26. The lowest BCUT2D eigenvalue weighted by molar-refractivity contribution is 0.0687. The summed E-state index contributed by atoms with van der Waals surface area (Å²) in [7, 11) is 0. The van der Waals surface area contributed by atoms with E-state index in [1.807, 2.05) is 19.1 Å². The third-order valence-electron chi connectivity index (χ3n) is 3.82. The highest BCUT2D eigenvalue weighted by Gasteiger charge is 2.23. The number of carboxylic acids is 1. The molecular formula is C17H17NO3. The number of carbonyl (C=O) groups is 1. The van der Waals surface area contributed by atoms with Gasteiger partial charge < -0.3 is 9.84 Å². The molecule has 1 heterocycles. The van der Waals surface area contributed by atoms with Crippen molar-refractivity contribution in [2.24, 2.45) is 0 Å². The number of hydrogen-bond acceptors (Lipinski definition) is 3. The van der Waals surface area contributed by atoms with Crippen LogP contribution in [0.15, 0.2) is 36.5 Å². The molecule has 2 aromatic rings. The maximum absolute atomic E-state index is 11.3.